The van der Waals surface area contributed by atoms with E-state index in [-0.39, 0.29) is 31.5 Å². The molecule has 1 aliphatic heterocycles. The molecule has 104 valence electrons. The zero-order valence-corrected chi connectivity index (χ0v) is 10.9. The van der Waals surface area contributed by atoms with Gasteiger partial charge in [-0.25, -0.2) is 4.68 Å². The molecule has 0 aliphatic carbocycles. The minimum absolute atomic E-state index is 0.0656. The molecule has 2 rings (SSSR count). The highest BCUT2D eigenvalue weighted by molar-refractivity contribution is 5.77. The fraction of sp³-hybridized carbons (Fsp3) is 0.583. The second kappa shape index (κ2) is 4.65. The molecule has 1 aromatic rings. The van der Waals surface area contributed by atoms with Crippen LogP contribution in [0.5, 0.6) is 0 Å². The maximum Gasteiger partial charge on any atom is 0.265 e. The molecule has 2 heterocycles. The highest BCUT2D eigenvalue weighted by Crippen LogP contribution is 2.28. The molecule has 2 N–H and O–H groups in total. The second-order valence-electron chi connectivity index (χ2n) is 5.24. The number of aromatic amines is 1. The Hall–Kier alpha value is -1.89. The fourth-order valence-corrected chi connectivity index (χ4v) is 1.97. The lowest BCUT2D eigenvalue weighted by Gasteiger charge is -2.49. The van der Waals surface area contributed by atoms with E-state index < -0.39 is 16.7 Å². The maximum absolute atomic E-state index is 11.9. The Labute approximate surface area is 109 Å². The molecule has 0 bridgehead atoms. The highest BCUT2D eigenvalue weighted by Gasteiger charge is 2.45. The lowest BCUT2D eigenvalue weighted by atomic mass is 9.83. The van der Waals surface area contributed by atoms with Gasteiger partial charge >= 0.3 is 0 Å². The monoisotopic (exact) mass is 267 g/mol. The van der Waals surface area contributed by atoms with Crippen molar-refractivity contribution in [2.75, 3.05) is 13.1 Å². The lowest BCUT2D eigenvalue weighted by Crippen LogP contribution is -2.66. The third-order valence-corrected chi connectivity index (χ3v) is 3.54. The summed E-state index contributed by atoms with van der Waals surface area (Å²) in [6.07, 6.45) is 0. The largest absolute Gasteiger partial charge is 0.386 e. The molecule has 0 atom stereocenters. The number of aliphatic hydroxyl groups is 1. The van der Waals surface area contributed by atoms with Gasteiger partial charge in [-0.3, -0.25) is 19.5 Å². The first-order chi connectivity index (χ1) is 8.82. The topological polar surface area (TPSA) is 95.4 Å². The number of hydrogen-bond donors (Lipinski definition) is 2. The smallest absolute Gasteiger partial charge is 0.265 e. The number of likely N-dealkylation sites (tertiary alicyclic amines) is 1. The Kier molecular flexibility index (Phi) is 3.32. The van der Waals surface area contributed by atoms with Crippen molar-refractivity contribution in [2.45, 2.75) is 26.0 Å². The number of rotatable bonds is 3. The number of nitrogens with zero attached hydrogens (tertiary/aromatic N) is 2. The third kappa shape index (κ3) is 2.60. The van der Waals surface area contributed by atoms with E-state index >= 15 is 0 Å². The van der Waals surface area contributed by atoms with E-state index in [2.05, 4.69) is 5.10 Å². The van der Waals surface area contributed by atoms with Crippen LogP contribution in [0.15, 0.2) is 21.7 Å². The zero-order valence-electron chi connectivity index (χ0n) is 10.9. The summed E-state index contributed by atoms with van der Waals surface area (Å²) in [5.74, 6) is -0.231. The van der Waals surface area contributed by atoms with Crippen molar-refractivity contribution in [3.8, 4) is 0 Å². The van der Waals surface area contributed by atoms with Crippen LogP contribution < -0.4 is 11.1 Å². The molecule has 0 unspecified atom stereocenters. The molecule has 1 amide bonds. The van der Waals surface area contributed by atoms with Crippen LogP contribution in [0, 0.1) is 5.92 Å². The molecule has 1 aromatic heterocycles. The number of H-pyrrole nitrogens is 1. The van der Waals surface area contributed by atoms with Crippen molar-refractivity contribution in [3.05, 3.63) is 32.8 Å². The van der Waals surface area contributed by atoms with Crippen molar-refractivity contribution in [3.63, 3.8) is 0 Å². The van der Waals surface area contributed by atoms with E-state index in [4.69, 9.17) is 0 Å². The summed E-state index contributed by atoms with van der Waals surface area (Å²) in [6, 6.07) is 2.23. The van der Waals surface area contributed by atoms with Gasteiger partial charge in [0.25, 0.3) is 11.1 Å². The van der Waals surface area contributed by atoms with E-state index in [9.17, 15) is 19.5 Å². The van der Waals surface area contributed by atoms with Crippen LogP contribution in [0.3, 0.4) is 0 Å². The van der Waals surface area contributed by atoms with Crippen LogP contribution in [0.2, 0.25) is 0 Å². The van der Waals surface area contributed by atoms with Gasteiger partial charge < -0.3 is 10.0 Å². The number of hydrogen-bond acceptors (Lipinski definition) is 4. The summed E-state index contributed by atoms with van der Waals surface area (Å²) in [6.45, 7) is 4.08. The minimum Gasteiger partial charge on any atom is -0.386 e. The van der Waals surface area contributed by atoms with Crippen molar-refractivity contribution in [2.24, 2.45) is 5.92 Å². The summed E-state index contributed by atoms with van der Waals surface area (Å²) in [4.78, 5) is 35.9. The molecule has 7 heteroatoms. The Bertz CT molecular complexity index is 595. The molecule has 0 spiro atoms. The van der Waals surface area contributed by atoms with Gasteiger partial charge in [0.15, 0.2) is 0 Å². The molecule has 0 radical (unpaired) electrons. The Morgan fingerprint density at radius 2 is 2.05 bits per heavy atom. The van der Waals surface area contributed by atoms with E-state index in [0.29, 0.717) is 0 Å². The molecule has 1 fully saturated rings. The molecule has 19 heavy (non-hydrogen) atoms. The number of carbonyl (C=O) groups is 1. The first-order valence-electron chi connectivity index (χ1n) is 6.12. The van der Waals surface area contributed by atoms with Gasteiger partial charge in [0.05, 0.1) is 13.1 Å². The van der Waals surface area contributed by atoms with Gasteiger partial charge in [-0.2, -0.15) is 0 Å². The fourth-order valence-electron chi connectivity index (χ4n) is 1.97. The van der Waals surface area contributed by atoms with Crippen molar-refractivity contribution in [1.29, 1.82) is 0 Å². The number of β-amino-alcohol motifs (C(OH)–C–C–N with tert-alkyl or cyclic N) is 1. The SMILES string of the molecule is CC(C)C1(O)CN(C(=O)Cn2[nH]c(=O)ccc2=O)C1. The van der Waals surface area contributed by atoms with Gasteiger partial charge in [-0.15, -0.1) is 0 Å². The molecule has 0 aromatic carbocycles. The predicted octanol–water partition coefficient (Wildman–Crippen LogP) is -1.23. The van der Waals surface area contributed by atoms with Crippen molar-refractivity contribution >= 4 is 5.91 Å². The van der Waals surface area contributed by atoms with E-state index in [1.807, 2.05) is 13.8 Å². The molecule has 0 saturated carbocycles. The van der Waals surface area contributed by atoms with Crippen molar-refractivity contribution in [1.82, 2.24) is 14.7 Å². The number of carbonyl (C=O) groups excluding carboxylic acids is 1. The van der Waals surface area contributed by atoms with Gasteiger partial charge in [0.1, 0.15) is 12.1 Å². The Balaban J connectivity index is 2.02. The van der Waals surface area contributed by atoms with Crippen LogP contribution in [0.25, 0.3) is 0 Å². The normalized spacial score (nSPS) is 17.4. The summed E-state index contributed by atoms with van der Waals surface area (Å²) in [5, 5.41) is 12.3. The van der Waals surface area contributed by atoms with Crippen LogP contribution in [0.1, 0.15) is 13.8 Å². The minimum atomic E-state index is -0.843. The summed E-state index contributed by atoms with van der Waals surface area (Å²) in [5.41, 5.74) is -1.72. The average molecular weight is 267 g/mol. The summed E-state index contributed by atoms with van der Waals surface area (Å²) >= 11 is 0. The van der Waals surface area contributed by atoms with Gasteiger partial charge in [-0.1, -0.05) is 13.8 Å². The standard InChI is InChI=1S/C12H17N3O4/c1-8(2)12(19)6-14(7-12)11(18)5-15-10(17)4-3-9(16)13-15/h3-4,8,19H,5-7H2,1-2H3,(H,13,16). The molecule has 7 nitrogen and oxygen atoms in total. The van der Waals surface area contributed by atoms with E-state index in [0.717, 1.165) is 16.8 Å². The lowest BCUT2D eigenvalue weighted by molar-refractivity contribution is -0.164. The number of nitrogens with one attached hydrogen (secondary N) is 1. The zero-order chi connectivity index (χ0) is 14.2. The van der Waals surface area contributed by atoms with Crippen LogP contribution in [0.4, 0.5) is 0 Å². The van der Waals surface area contributed by atoms with Crippen molar-refractivity contribution < 1.29 is 9.90 Å². The maximum atomic E-state index is 11.9. The average Bonchev–Trinajstić information content (AvgIpc) is 2.29. The Morgan fingerprint density at radius 1 is 1.42 bits per heavy atom. The molecular formula is C12H17N3O4. The molecule has 1 saturated heterocycles. The highest BCUT2D eigenvalue weighted by atomic mass is 16.3. The van der Waals surface area contributed by atoms with E-state index in [1.165, 1.54) is 4.90 Å². The van der Waals surface area contributed by atoms with Gasteiger partial charge in [0.2, 0.25) is 5.91 Å². The van der Waals surface area contributed by atoms with Crippen LogP contribution in [-0.4, -0.2) is 44.4 Å². The third-order valence-electron chi connectivity index (χ3n) is 3.54. The summed E-state index contributed by atoms with van der Waals surface area (Å²) < 4.78 is 0.970. The predicted molar refractivity (Wildman–Crippen MR) is 67.7 cm³/mol. The number of aromatic nitrogens is 2. The Morgan fingerprint density at radius 3 is 2.63 bits per heavy atom. The summed E-state index contributed by atoms with van der Waals surface area (Å²) in [7, 11) is 0. The molecule has 1 aliphatic rings. The van der Waals surface area contributed by atoms with Crippen LogP contribution >= 0.6 is 0 Å². The quantitative estimate of drug-likeness (QED) is 0.716. The van der Waals surface area contributed by atoms with E-state index in [1.54, 1.807) is 0 Å². The molecular weight excluding hydrogens is 250 g/mol. The number of amides is 1. The first kappa shape index (κ1) is 13.5. The second-order valence-corrected chi connectivity index (χ2v) is 5.24. The van der Waals surface area contributed by atoms with Gasteiger partial charge in [0, 0.05) is 12.1 Å². The van der Waals surface area contributed by atoms with Gasteiger partial charge in [-0.05, 0) is 5.92 Å². The first-order valence-corrected chi connectivity index (χ1v) is 6.12. The van der Waals surface area contributed by atoms with Crippen LogP contribution in [-0.2, 0) is 11.3 Å².